The molecule has 1 N–H and O–H groups in total. The summed E-state index contributed by atoms with van der Waals surface area (Å²) in [5.41, 5.74) is 5.27. The Labute approximate surface area is 150 Å². The maximum atomic E-state index is 12.7. The molecule has 1 unspecified atom stereocenters. The molecule has 2 aliphatic rings. The molecule has 1 amide bonds. The number of rotatable bonds is 2. The van der Waals surface area contributed by atoms with E-state index < -0.39 is 17.7 Å². The molecule has 0 fully saturated rings. The van der Waals surface area contributed by atoms with Crippen LogP contribution in [0.15, 0.2) is 30.3 Å². The Balaban J connectivity index is 2.02. The van der Waals surface area contributed by atoms with Crippen molar-refractivity contribution < 1.29 is 19.1 Å². The molecule has 2 aromatic rings. The number of anilines is 2. The lowest BCUT2D eigenvalue weighted by molar-refractivity contribution is -0.140. The van der Waals surface area contributed by atoms with Gasteiger partial charge in [0.15, 0.2) is 0 Å². The van der Waals surface area contributed by atoms with Gasteiger partial charge in [-0.25, -0.2) is 0 Å². The van der Waals surface area contributed by atoms with Crippen LogP contribution in [-0.4, -0.2) is 31.8 Å². The van der Waals surface area contributed by atoms with Gasteiger partial charge >= 0.3 is 5.97 Å². The van der Waals surface area contributed by atoms with E-state index in [-0.39, 0.29) is 12.4 Å². The van der Waals surface area contributed by atoms with Crippen LogP contribution in [-0.2, 0) is 14.3 Å². The molecule has 0 aliphatic carbocycles. The molecule has 6 nitrogen and oxygen atoms in total. The Hall–Kier alpha value is -3.15. The Morgan fingerprint density at radius 2 is 1.96 bits per heavy atom. The van der Waals surface area contributed by atoms with Gasteiger partial charge in [-0.15, -0.1) is 0 Å². The number of nitrogens with zero attached hydrogens (tertiary/aromatic N) is 1. The number of methoxy groups -OCH3 is 1. The normalized spacial score (nSPS) is 17.3. The van der Waals surface area contributed by atoms with Crippen molar-refractivity contribution in [2.75, 3.05) is 24.4 Å². The average Bonchev–Trinajstić information content (AvgIpc) is 2.86. The van der Waals surface area contributed by atoms with Crippen LogP contribution < -0.4 is 10.2 Å². The second kappa shape index (κ2) is 5.69. The highest BCUT2D eigenvalue weighted by atomic mass is 16.5. The summed E-state index contributed by atoms with van der Waals surface area (Å²) in [6.07, 6.45) is 0.0680. The molecule has 0 saturated heterocycles. The molecular formula is C20H18N2O4. The van der Waals surface area contributed by atoms with Crippen molar-refractivity contribution >= 4 is 29.0 Å². The molecule has 26 heavy (non-hydrogen) atoms. The van der Waals surface area contributed by atoms with Gasteiger partial charge in [-0.3, -0.25) is 14.4 Å². The lowest BCUT2D eigenvalue weighted by Gasteiger charge is -2.31. The monoisotopic (exact) mass is 350 g/mol. The summed E-state index contributed by atoms with van der Waals surface area (Å²) in [7, 11) is 2.94. The molecule has 0 saturated carbocycles. The number of benzene rings is 2. The number of esters is 1. The highest BCUT2D eigenvalue weighted by molar-refractivity contribution is 6.53. The SMILES string of the molecule is COC(=O)CC1Nc2ccccc2-c2cc(C)c3c(c21)C(=O)C(=O)N3C. The zero-order valence-electron chi connectivity index (χ0n) is 14.8. The standard InChI is InChI=1S/C20H18N2O4/c1-10-8-12-11-6-4-5-7-13(11)21-14(9-15(23)26-3)16(12)17-18(10)22(2)20(25)19(17)24/h4-8,14,21H,9H2,1-3H3. The topological polar surface area (TPSA) is 75.7 Å². The Morgan fingerprint density at radius 3 is 2.69 bits per heavy atom. The van der Waals surface area contributed by atoms with Crippen LogP contribution in [0, 0.1) is 6.92 Å². The van der Waals surface area contributed by atoms with Crippen molar-refractivity contribution in [3.8, 4) is 11.1 Å². The van der Waals surface area contributed by atoms with E-state index >= 15 is 0 Å². The fourth-order valence-corrected chi connectivity index (χ4v) is 3.94. The summed E-state index contributed by atoms with van der Waals surface area (Å²) in [5.74, 6) is -1.46. The van der Waals surface area contributed by atoms with Crippen LogP contribution in [0.4, 0.5) is 11.4 Å². The van der Waals surface area contributed by atoms with E-state index in [0.29, 0.717) is 16.8 Å². The van der Waals surface area contributed by atoms with E-state index in [1.807, 2.05) is 37.3 Å². The van der Waals surface area contributed by atoms with Crippen LogP contribution >= 0.6 is 0 Å². The van der Waals surface area contributed by atoms with Gasteiger partial charge in [0.05, 0.1) is 30.8 Å². The number of carbonyl (C=O) groups excluding carboxylic acids is 3. The lowest BCUT2D eigenvalue weighted by atomic mass is 9.82. The number of fused-ring (bicyclic) bond motifs is 5. The van der Waals surface area contributed by atoms with Crippen molar-refractivity contribution in [2.45, 2.75) is 19.4 Å². The van der Waals surface area contributed by atoms with Crippen LogP contribution in [0.2, 0.25) is 0 Å². The van der Waals surface area contributed by atoms with Gasteiger partial charge in [-0.2, -0.15) is 0 Å². The summed E-state index contributed by atoms with van der Waals surface area (Å²) in [6, 6.07) is 9.28. The number of likely N-dealkylation sites (N-methyl/N-ethyl adjacent to an activating group) is 1. The molecule has 0 bridgehead atoms. The van der Waals surface area contributed by atoms with Gasteiger partial charge < -0.3 is 15.0 Å². The van der Waals surface area contributed by atoms with Gasteiger partial charge in [0.2, 0.25) is 0 Å². The number of hydrogen-bond acceptors (Lipinski definition) is 5. The largest absolute Gasteiger partial charge is 0.469 e. The molecule has 1 atom stereocenters. The summed E-state index contributed by atoms with van der Waals surface area (Å²) in [5, 5.41) is 3.33. The second-order valence-corrected chi connectivity index (χ2v) is 6.59. The number of nitrogens with one attached hydrogen (secondary N) is 1. The van der Waals surface area contributed by atoms with Crippen LogP contribution in [0.3, 0.4) is 0 Å². The maximum absolute atomic E-state index is 12.7. The number of Topliss-reactive ketones (excluding diaryl/α,β-unsaturated/α-hetero) is 1. The predicted molar refractivity (Wildman–Crippen MR) is 97.4 cm³/mol. The number of amides is 1. The number of ether oxygens (including phenoxy) is 1. The van der Waals surface area contributed by atoms with Crippen LogP contribution in [0.25, 0.3) is 11.1 Å². The first-order valence-corrected chi connectivity index (χ1v) is 8.36. The van der Waals surface area contributed by atoms with Gasteiger partial charge in [0, 0.05) is 18.3 Å². The zero-order valence-corrected chi connectivity index (χ0v) is 14.8. The first kappa shape index (κ1) is 16.3. The number of carbonyl (C=O) groups is 3. The van der Waals surface area contributed by atoms with Crippen molar-refractivity contribution in [3.63, 3.8) is 0 Å². The van der Waals surface area contributed by atoms with E-state index in [2.05, 4.69) is 5.32 Å². The molecule has 0 aromatic heterocycles. The average molecular weight is 350 g/mol. The molecule has 2 heterocycles. The van der Waals surface area contributed by atoms with Crippen molar-refractivity contribution in [1.82, 2.24) is 0 Å². The van der Waals surface area contributed by atoms with Gasteiger partial charge in [-0.1, -0.05) is 18.2 Å². The predicted octanol–water partition coefficient (Wildman–Crippen LogP) is 2.85. The fourth-order valence-electron chi connectivity index (χ4n) is 3.94. The minimum atomic E-state index is -0.549. The molecular weight excluding hydrogens is 332 g/mol. The summed E-state index contributed by atoms with van der Waals surface area (Å²) in [6.45, 7) is 1.89. The van der Waals surface area contributed by atoms with E-state index in [0.717, 1.165) is 22.4 Å². The Morgan fingerprint density at radius 1 is 1.23 bits per heavy atom. The zero-order chi connectivity index (χ0) is 18.6. The first-order chi connectivity index (χ1) is 12.4. The van der Waals surface area contributed by atoms with Crippen molar-refractivity contribution in [1.29, 1.82) is 0 Å². The molecule has 2 aromatic carbocycles. The van der Waals surface area contributed by atoms with Crippen LogP contribution in [0.1, 0.15) is 33.9 Å². The number of para-hydroxylation sites is 1. The highest BCUT2D eigenvalue weighted by Gasteiger charge is 2.41. The third kappa shape index (κ3) is 2.15. The maximum Gasteiger partial charge on any atom is 0.307 e. The number of ketones is 1. The van der Waals surface area contributed by atoms with Crippen molar-refractivity contribution in [3.05, 3.63) is 47.0 Å². The fraction of sp³-hybridized carbons (Fsp3) is 0.250. The summed E-state index contributed by atoms with van der Waals surface area (Å²) < 4.78 is 4.83. The minimum absolute atomic E-state index is 0.0680. The first-order valence-electron chi connectivity index (χ1n) is 8.36. The Kier molecular flexibility index (Phi) is 3.57. The molecule has 0 radical (unpaired) electrons. The molecule has 4 rings (SSSR count). The third-order valence-electron chi connectivity index (χ3n) is 5.09. The Bertz CT molecular complexity index is 980. The third-order valence-corrected chi connectivity index (χ3v) is 5.09. The molecule has 0 spiro atoms. The molecule has 2 aliphatic heterocycles. The van der Waals surface area contributed by atoms with Crippen molar-refractivity contribution in [2.24, 2.45) is 0 Å². The second-order valence-electron chi connectivity index (χ2n) is 6.59. The van der Waals surface area contributed by atoms with E-state index in [4.69, 9.17) is 4.74 Å². The summed E-state index contributed by atoms with van der Waals surface area (Å²) >= 11 is 0. The van der Waals surface area contributed by atoms with Gasteiger partial charge in [0.1, 0.15) is 0 Å². The quantitative estimate of drug-likeness (QED) is 0.666. The van der Waals surface area contributed by atoms with Crippen LogP contribution in [0.5, 0.6) is 0 Å². The number of hydrogen-bond donors (Lipinski definition) is 1. The molecule has 6 heteroatoms. The summed E-state index contributed by atoms with van der Waals surface area (Å²) in [4.78, 5) is 38.4. The van der Waals surface area contributed by atoms with E-state index in [9.17, 15) is 14.4 Å². The van der Waals surface area contributed by atoms with E-state index in [1.54, 1.807) is 7.05 Å². The highest BCUT2D eigenvalue weighted by Crippen LogP contribution is 2.48. The van der Waals surface area contributed by atoms with Gasteiger partial charge in [0.25, 0.3) is 11.7 Å². The molecule has 132 valence electrons. The lowest BCUT2D eigenvalue weighted by Crippen LogP contribution is -2.25. The number of aryl methyl sites for hydroxylation is 1. The smallest absolute Gasteiger partial charge is 0.307 e. The van der Waals surface area contributed by atoms with Gasteiger partial charge in [-0.05, 0) is 35.7 Å². The van der Waals surface area contributed by atoms with E-state index in [1.165, 1.54) is 12.0 Å². The minimum Gasteiger partial charge on any atom is -0.469 e.